The highest BCUT2D eigenvalue weighted by atomic mass is 16.5. The van der Waals surface area contributed by atoms with Gasteiger partial charge in [-0.1, -0.05) is 20.3 Å². The lowest BCUT2D eigenvalue weighted by Crippen LogP contribution is -2.16. The summed E-state index contributed by atoms with van der Waals surface area (Å²) < 4.78 is 4.54. The number of esters is 1. The summed E-state index contributed by atoms with van der Waals surface area (Å²) in [5.74, 6) is 0.186. The number of methoxy groups -OCH3 is 1. The standard InChI is InChI=1S/C11H22O3/c1-4-10(12)9(2)7-5-6-8-11(13)14-3/h9-10,12H,4-8H2,1-3H3/t9-,10+/m0/s1. The van der Waals surface area contributed by atoms with Crippen LogP contribution >= 0.6 is 0 Å². The average Bonchev–Trinajstić information content (AvgIpc) is 2.22. The van der Waals surface area contributed by atoms with Crippen molar-refractivity contribution >= 4 is 5.97 Å². The fraction of sp³-hybridized carbons (Fsp3) is 0.909. The largest absolute Gasteiger partial charge is 0.469 e. The predicted octanol–water partition coefficient (Wildman–Crippen LogP) is 2.13. The molecule has 0 heterocycles. The van der Waals surface area contributed by atoms with Gasteiger partial charge in [-0.2, -0.15) is 0 Å². The summed E-state index contributed by atoms with van der Waals surface area (Å²) in [5, 5.41) is 9.49. The fourth-order valence-corrected chi connectivity index (χ4v) is 1.43. The van der Waals surface area contributed by atoms with Crippen molar-refractivity contribution in [2.75, 3.05) is 7.11 Å². The van der Waals surface area contributed by atoms with Crippen LogP contribution in [0.4, 0.5) is 0 Å². The first kappa shape index (κ1) is 13.4. The first-order chi connectivity index (χ1) is 6.61. The lowest BCUT2D eigenvalue weighted by molar-refractivity contribution is -0.140. The average molecular weight is 202 g/mol. The molecule has 0 aromatic carbocycles. The Labute approximate surface area is 86.5 Å². The van der Waals surface area contributed by atoms with Crippen molar-refractivity contribution in [2.24, 2.45) is 5.92 Å². The Morgan fingerprint density at radius 2 is 2.07 bits per heavy atom. The van der Waals surface area contributed by atoms with E-state index in [1.54, 1.807) is 0 Å². The number of carbonyl (C=O) groups is 1. The SMILES string of the molecule is CC[C@@H](O)[C@@H](C)CCCCC(=O)OC. The van der Waals surface area contributed by atoms with Crippen LogP contribution in [-0.4, -0.2) is 24.3 Å². The second-order valence-electron chi connectivity index (χ2n) is 3.77. The van der Waals surface area contributed by atoms with E-state index in [-0.39, 0.29) is 12.1 Å². The molecule has 0 aromatic rings. The fourth-order valence-electron chi connectivity index (χ4n) is 1.43. The van der Waals surface area contributed by atoms with E-state index in [0.717, 1.165) is 25.7 Å². The van der Waals surface area contributed by atoms with Gasteiger partial charge < -0.3 is 9.84 Å². The van der Waals surface area contributed by atoms with Crippen LogP contribution in [0.25, 0.3) is 0 Å². The zero-order chi connectivity index (χ0) is 11.0. The molecular formula is C11H22O3. The van der Waals surface area contributed by atoms with Crippen LogP contribution < -0.4 is 0 Å². The maximum absolute atomic E-state index is 10.8. The van der Waals surface area contributed by atoms with Crippen molar-refractivity contribution in [1.29, 1.82) is 0 Å². The molecule has 84 valence electrons. The zero-order valence-corrected chi connectivity index (χ0v) is 9.45. The highest BCUT2D eigenvalue weighted by Gasteiger charge is 2.11. The minimum atomic E-state index is -0.201. The van der Waals surface area contributed by atoms with E-state index in [1.807, 2.05) is 13.8 Å². The second-order valence-corrected chi connectivity index (χ2v) is 3.77. The van der Waals surface area contributed by atoms with Gasteiger partial charge in [0.25, 0.3) is 0 Å². The van der Waals surface area contributed by atoms with Crippen molar-refractivity contribution in [1.82, 2.24) is 0 Å². The predicted molar refractivity (Wildman–Crippen MR) is 55.9 cm³/mol. The minimum absolute atomic E-state index is 0.145. The van der Waals surface area contributed by atoms with Crippen molar-refractivity contribution in [3.8, 4) is 0 Å². The smallest absolute Gasteiger partial charge is 0.305 e. The molecule has 0 amide bonds. The van der Waals surface area contributed by atoms with Crippen LogP contribution in [0.3, 0.4) is 0 Å². The van der Waals surface area contributed by atoms with Crippen LogP contribution in [0.1, 0.15) is 46.0 Å². The van der Waals surface area contributed by atoms with Crippen LogP contribution in [-0.2, 0) is 9.53 Å². The summed E-state index contributed by atoms with van der Waals surface area (Å²) in [5.41, 5.74) is 0. The molecule has 14 heavy (non-hydrogen) atoms. The van der Waals surface area contributed by atoms with Crippen molar-refractivity contribution in [3.05, 3.63) is 0 Å². The number of carbonyl (C=O) groups excluding carboxylic acids is 1. The number of aliphatic hydroxyl groups is 1. The van der Waals surface area contributed by atoms with Crippen LogP contribution in [0.15, 0.2) is 0 Å². The molecule has 0 bridgehead atoms. The quantitative estimate of drug-likeness (QED) is 0.508. The van der Waals surface area contributed by atoms with Gasteiger partial charge in [0.15, 0.2) is 0 Å². The van der Waals surface area contributed by atoms with Crippen molar-refractivity contribution in [2.45, 2.75) is 52.1 Å². The summed E-state index contributed by atoms with van der Waals surface area (Å²) >= 11 is 0. The molecule has 0 spiro atoms. The molecule has 3 nitrogen and oxygen atoms in total. The Kier molecular flexibility index (Phi) is 7.48. The van der Waals surface area contributed by atoms with E-state index >= 15 is 0 Å². The number of ether oxygens (including phenoxy) is 1. The van der Waals surface area contributed by atoms with E-state index in [2.05, 4.69) is 4.74 Å². The Balaban J connectivity index is 3.40. The van der Waals surface area contributed by atoms with Gasteiger partial charge in [-0.25, -0.2) is 0 Å². The van der Waals surface area contributed by atoms with Crippen LogP contribution in [0.2, 0.25) is 0 Å². The summed E-state index contributed by atoms with van der Waals surface area (Å²) in [7, 11) is 1.41. The molecule has 0 aliphatic carbocycles. The molecule has 0 fully saturated rings. The minimum Gasteiger partial charge on any atom is -0.469 e. The highest BCUT2D eigenvalue weighted by molar-refractivity contribution is 5.68. The molecule has 0 aromatic heterocycles. The molecule has 0 aliphatic rings. The van der Waals surface area contributed by atoms with Gasteiger partial charge in [-0.05, 0) is 25.2 Å². The van der Waals surface area contributed by atoms with E-state index in [9.17, 15) is 9.90 Å². The van der Waals surface area contributed by atoms with E-state index in [4.69, 9.17) is 0 Å². The lowest BCUT2D eigenvalue weighted by Gasteiger charge is -2.16. The molecule has 3 heteroatoms. The Bertz CT molecular complexity index is 157. The summed E-state index contributed by atoms with van der Waals surface area (Å²) in [6.45, 7) is 4.03. The van der Waals surface area contributed by atoms with Gasteiger partial charge in [0.05, 0.1) is 13.2 Å². The highest BCUT2D eigenvalue weighted by Crippen LogP contribution is 2.15. The molecule has 2 atom stereocenters. The third kappa shape index (κ3) is 5.97. The number of unbranched alkanes of at least 4 members (excludes halogenated alkanes) is 1. The van der Waals surface area contributed by atoms with Gasteiger partial charge in [0, 0.05) is 6.42 Å². The zero-order valence-electron chi connectivity index (χ0n) is 9.45. The topological polar surface area (TPSA) is 46.5 Å². The van der Waals surface area contributed by atoms with Crippen LogP contribution in [0, 0.1) is 5.92 Å². The number of hydrogen-bond donors (Lipinski definition) is 1. The first-order valence-electron chi connectivity index (χ1n) is 5.36. The molecule has 0 saturated heterocycles. The molecule has 0 rings (SSSR count). The maximum atomic E-state index is 10.8. The first-order valence-corrected chi connectivity index (χ1v) is 5.36. The molecule has 0 unspecified atom stereocenters. The number of aliphatic hydroxyl groups excluding tert-OH is 1. The molecule has 0 aliphatic heterocycles. The maximum Gasteiger partial charge on any atom is 0.305 e. The van der Waals surface area contributed by atoms with E-state index in [0.29, 0.717) is 12.3 Å². The second kappa shape index (κ2) is 7.80. The normalized spacial score (nSPS) is 14.9. The molecule has 0 radical (unpaired) electrons. The molecular weight excluding hydrogens is 180 g/mol. The van der Waals surface area contributed by atoms with Crippen molar-refractivity contribution in [3.63, 3.8) is 0 Å². The summed E-state index contributed by atoms with van der Waals surface area (Å²) in [6, 6.07) is 0. The van der Waals surface area contributed by atoms with Gasteiger partial charge >= 0.3 is 5.97 Å². The number of hydrogen-bond acceptors (Lipinski definition) is 3. The van der Waals surface area contributed by atoms with Crippen LogP contribution in [0.5, 0.6) is 0 Å². The summed E-state index contributed by atoms with van der Waals surface area (Å²) in [4.78, 5) is 10.8. The third-order valence-corrected chi connectivity index (χ3v) is 2.59. The molecule has 0 saturated carbocycles. The van der Waals surface area contributed by atoms with E-state index in [1.165, 1.54) is 7.11 Å². The monoisotopic (exact) mass is 202 g/mol. The lowest BCUT2D eigenvalue weighted by atomic mass is 9.96. The third-order valence-electron chi connectivity index (χ3n) is 2.59. The van der Waals surface area contributed by atoms with Gasteiger partial charge in [0.2, 0.25) is 0 Å². The Morgan fingerprint density at radius 3 is 2.57 bits per heavy atom. The van der Waals surface area contributed by atoms with Gasteiger partial charge in [0.1, 0.15) is 0 Å². The number of rotatable bonds is 7. The summed E-state index contributed by atoms with van der Waals surface area (Å²) in [6.07, 6.45) is 3.91. The van der Waals surface area contributed by atoms with Gasteiger partial charge in [-0.3, -0.25) is 4.79 Å². The van der Waals surface area contributed by atoms with Gasteiger partial charge in [-0.15, -0.1) is 0 Å². The Morgan fingerprint density at radius 1 is 1.43 bits per heavy atom. The van der Waals surface area contributed by atoms with E-state index < -0.39 is 0 Å². The molecule has 1 N–H and O–H groups in total. The van der Waals surface area contributed by atoms with Crippen molar-refractivity contribution < 1.29 is 14.6 Å². The Hall–Kier alpha value is -0.570.